The molecular formula is C22H32O5. The van der Waals surface area contributed by atoms with Crippen molar-refractivity contribution in [3.05, 3.63) is 35.5 Å². The number of ether oxygens (including phenoxy) is 2. The molecule has 1 aliphatic carbocycles. The molecule has 0 aromatic rings. The minimum atomic E-state index is -1.15. The highest BCUT2D eigenvalue weighted by Crippen LogP contribution is 2.37. The maximum atomic E-state index is 12.4. The van der Waals surface area contributed by atoms with Crippen LogP contribution in [0.4, 0.5) is 0 Å². The molecule has 0 unspecified atom stereocenters. The van der Waals surface area contributed by atoms with Crippen molar-refractivity contribution in [1.29, 1.82) is 0 Å². The van der Waals surface area contributed by atoms with E-state index in [1.165, 1.54) is 12.5 Å². The first-order chi connectivity index (χ1) is 12.6. The Bertz CT molecular complexity index is 656. The molecule has 0 amide bonds. The average Bonchev–Trinajstić information content (AvgIpc) is 2.55. The summed E-state index contributed by atoms with van der Waals surface area (Å²) in [5.41, 5.74) is 1.54. The van der Waals surface area contributed by atoms with E-state index in [1.807, 2.05) is 6.92 Å². The molecule has 1 N–H and O–H groups in total. The second kappa shape index (κ2) is 8.87. The minimum absolute atomic E-state index is 0.309. The van der Waals surface area contributed by atoms with Gasteiger partial charge in [-0.15, -0.1) is 0 Å². The first-order valence-electron chi connectivity index (χ1n) is 9.70. The maximum absolute atomic E-state index is 12.4. The van der Waals surface area contributed by atoms with Crippen molar-refractivity contribution in [2.24, 2.45) is 5.92 Å². The van der Waals surface area contributed by atoms with E-state index < -0.39 is 23.8 Å². The molecule has 1 heterocycles. The molecule has 5 heteroatoms. The summed E-state index contributed by atoms with van der Waals surface area (Å²) in [7, 11) is 0. The van der Waals surface area contributed by atoms with Crippen LogP contribution in [0.5, 0.6) is 0 Å². The molecule has 5 nitrogen and oxygen atoms in total. The quantitative estimate of drug-likeness (QED) is 0.425. The molecule has 0 aromatic heterocycles. The predicted molar refractivity (Wildman–Crippen MR) is 104 cm³/mol. The van der Waals surface area contributed by atoms with Gasteiger partial charge in [0.05, 0.1) is 5.60 Å². The molecule has 1 saturated heterocycles. The van der Waals surface area contributed by atoms with Crippen molar-refractivity contribution in [3.63, 3.8) is 0 Å². The monoisotopic (exact) mass is 376 g/mol. The fourth-order valence-electron chi connectivity index (χ4n) is 3.83. The summed E-state index contributed by atoms with van der Waals surface area (Å²) in [5, 5.41) is 11.0. The molecule has 150 valence electrons. The van der Waals surface area contributed by atoms with Gasteiger partial charge in [0.15, 0.2) is 0 Å². The van der Waals surface area contributed by atoms with E-state index in [-0.39, 0.29) is 11.9 Å². The van der Waals surface area contributed by atoms with Crippen LogP contribution in [0.15, 0.2) is 35.5 Å². The van der Waals surface area contributed by atoms with Crippen LogP contribution < -0.4 is 0 Å². The fourth-order valence-corrected chi connectivity index (χ4v) is 3.83. The summed E-state index contributed by atoms with van der Waals surface area (Å²) in [6.45, 7) is 11.1. The highest BCUT2D eigenvalue weighted by molar-refractivity contribution is 5.89. The average molecular weight is 376 g/mol. The van der Waals surface area contributed by atoms with Crippen LogP contribution in [0.2, 0.25) is 0 Å². The predicted octanol–water partition coefficient (Wildman–Crippen LogP) is 4.01. The van der Waals surface area contributed by atoms with Gasteiger partial charge in [-0.25, -0.2) is 4.79 Å². The molecule has 4 atom stereocenters. The SMILES string of the molecule is C=C1C(=O)O[C@@H]2C[C@H]1[C@@H](OC(C)=O)C/C(C)=C/CC/C(C)=C\CC[C@@]2(C)O. The third-order valence-electron chi connectivity index (χ3n) is 5.58. The number of rotatable bonds is 1. The number of fused-ring (bicyclic) bond motifs is 2. The molecule has 0 saturated carbocycles. The summed E-state index contributed by atoms with van der Waals surface area (Å²) in [5.74, 6) is -1.27. The van der Waals surface area contributed by atoms with Crippen LogP contribution in [0.1, 0.15) is 66.2 Å². The molecule has 2 rings (SSSR count). The molecule has 27 heavy (non-hydrogen) atoms. The summed E-state index contributed by atoms with van der Waals surface area (Å²) in [4.78, 5) is 24.1. The molecule has 1 fully saturated rings. The lowest BCUT2D eigenvalue weighted by molar-refractivity contribution is -0.174. The third-order valence-corrected chi connectivity index (χ3v) is 5.58. The van der Waals surface area contributed by atoms with Gasteiger partial charge in [0.1, 0.15) is 12.2 Å². The van der Waals surface area contributed by atoms with Gasteiger partial charge in [-0.1, -0.05) is 29.9 Å². The number of esters is 2. The fraction of sp³-hybridized carbons (Fsp3) is 0.636. The Labute approximate surface area is 162 Å². The highest BCUT2D eigenvalue weighted by atomic mass is 16.6. The second-order valence-corrected chi connectivity index (χ2v) is 8.15. The van der Waals surface area contributed by atoms with Gasteiger partial charge in [-0.2, -0.15) is 0 Å². The van der Waals surface area contributed by atoms with Crippen LogP contribution >= 0.6 is 0 Å². The van der Waals surface area contributed by atoms with Crippen molar-refractivity contribution >= 4 is 11.9 Å². The van der Waals surface area contributed by atoms with Gasteiger partial charge < -0.3 is 14.6 Å². The van der Waals surface area contributed by atoms with E-state index in [0.717, 1.165) is 18.4 Å². The molecule has 0 spiro atoms. The van der Waals surface area contributed by atoms with Crippen molar-refractivity contribution < 1.29 is 24.2 Å². The first kappa shape index (κ1) is 21.4. The van der Waals surface area contributed by atoms with E-state index >= 15 is 0 Å². The van der Waals surface area contributed by atoms with Gasteiger partial charge in [-0.3, -0.25) is 4.79 Å². The van der Waals surface area contributed by atoms with Gasteiger partial charge >= 0.3 is 11.9 Å². The van der Waals surface area contributed by atoms with Crippen molar-refractivity contribution in [2.45, 2.75) is 84.0 Å². The normalized spacial score (nSPS) is 37.1. The Hall–Kier alpha value is -1.88. The Kier molecular flexibility index (Phi) is 7.04. The Morgan fingerprint density at radius 1 is 1.30 bits per heavy atom. The van der Waals surface area contributed by atoms with Crippen LogP contribution in [0, 0.1) is 5.92 Å². The topological polar surface area (TPSA) is 72.8 Å². The number of aliphatic hydroxyl groups is 1. The van der Waals surface area contributed by atoms with E-state index in [1.54, 1.807) is 6.92 Å². The molecule has 1 aliphatic heterocycles. The van der Waals surface area contributed by atoms with E-state index in [9.17, 15) is 14.7 Å². The lowest BCUT2D eigenvalue weighted by Crippen LogP contribution is -2.49. The molecule has 0 radical (unpaired) electrons. The zero-order chi connectivity index (χ0) is 20.2. The number of hydrogen-bond acceptors (Lipinski definition) is 5. The summed E-state index contributed by atoms with van der Waals surface area (Å²) in [6.07, 6.45) is 7.17. The third kappa shape index (κ3) is 5.80. The zero-order valence-electron chi connectivity index (χ0n) is 16.9. The Morgan fingerprint density at radius 2 is 1.96 bits per heavy atom. The Morgan fingerprint density at radius 3 is 2.63 bits per heavy atom. The number of allylic oxidation sites excluding steroid dienone is 3. The lowest BCUT2D eigenvalue weighted by atomic mass is 9.78. The van der Waals surface area contributed by atoms with Crippen molar-refractivity contribution in [3.8, 4) is 0 Å². The number of carbonyl (C=O) groups excluding carboxylic acids is 2. The molecule has 2 aliphatic rings. The largest absolute Gasteiger partial charge is 0.462 e. The first-order valence-corrected chi connectivity index (χ1v) is 9.70. The summed E-state index contributed by atoms with van der Waals surface area (Å²) < 4.78 is 11.1. The van der Waals surface area contributed by atoms with Gasteiger partial charge in [0.25, 0.3) is 0 Å². The molecule has 2 bridgehead atoms. The summed E-state index contributed by atoms with van der Waals surface area (Å²) in [6, 6.07) is 0. The summed E-state index contributed by atoms with van der Waals surface area (Å²) >= 11 is 0. The van der Waals surface area contributed by atoms with Crippen molar-refractivity contribution in [2.75, 3.05) is 0 Å². The smallest absolute Gasteiger partial charge is 0.334 e. The van der Waals surface area contributed by atoms with E-state index in [2.05, 4.69) is 25.7 Å². The molecule has 0 aromatic carbocycles. The van der Waals surface area contributed by atoms with Crippen LogP contribution in [0.3, 0.4) is 0 Å². The van der Waals surface area contributed by atoms with E-state index in [0.29, 0.717) is 31.3 Å². The lowest BCUT2D eigenvalue weighted by Gasteiger charge is -2.40. The second-order valence-electron chi connectivity index (χ2n) is 8.15. The maximum Gasteiger partial charge on any atom is 0.334 e. The van der Waals surface area contributed by atoms with Gasteiger partial charge in [0.2, 0.25) is 0 Å². The molecular weight excluding hydrogens is 344 g/mol. The Balaban J connectivity index is 2.38. The van der Waals surface area contributed by atoms with Crippen LogP contribution in [-0.4, -0.2) is 34.9 Å². The van der Waals surface area contributed by atoms with Gasteiger partial charge in [-0.05, 0) is 52.9 Å². The van der Waals surface area contributed by atoms with E-state index in [4.69, 9.17) is 9.47 Å². The highest BCUT2D eigenvalue weighted by Gasteiger charge is 2.45. The van der Waals surface area contributed by atoms with Gasteiger partial charge in [0, 0.05) is 24.8 Å². The minimum Gasteiger partial charge on any atom is -0.462 e. The van der Waals surface area contributed by atoms with Crippen LogP contribution in [-0.2, 0) is 19.1 Å². The van der Waals surface area contributed by atoms with Crippen molar-refractivity contribution in [1.82, 2.24) is 0 Å². The zero-order valence-corrected chi connectivity index (χ0v) is 16.9. The number of carbonyl (C=O) groups is 2. The van der Waals surface area contributed by atoms with Crippen LogP contribution in [0.25, 0.3) is 0 Å². The standard InChI is InChI=1S/C22H32O5/c1-14-8-6-9-15(2)12-19(26-17(4)23)18-13-20(27-21(24)16(18)3)22(5,25)11-7-10-14/h9-10,18-20,25H,3,6-8,11-13H2,1-2,4-5H3/b14-10-,15-9+/t18-,19+,20-,22-/m1/s1. The number of hydrogen-bond donors (Lipinski definition) is 1.